The second-order valence-electron chi connectivity index (χ2n) is 4.31. The first kappa shape index (κ1) is 12.4. The van der Waals surface area contributed by atoms with Crippen molar-refractivity contribution in [2.75, 3.05) is 0 Å². The molecule has 0 atom stereocenters. The van der Waals surface area contributed by atoms with Crippen LogP contribution in [0.3, 0.4) is 0 Å². The summed E-state index contributed by atoms with van der Waals surface area (Å²) in [4.78, 5) is 16.5. The van der Waals surface area contributed by atoms with E-state index in [1.165, 1.54) is 24.4 Å². The maximum absolute atomic E-state index is 13.7. The summed E-state index contributed by atoms with van der Waals surface area (Å²) in [5, 5.41) is 0.615. The maximum Gasteiger partial charge on any atom is 0.196 e. The second kappa shape index (κ2) is 4.81. The number of rotatable bonds is 2. The van der Waals surface area contributed by atoms with Gasteiger partial charge in [-0.15, -0.1) is 0 Å². The lowest BCUT2D eigenvalue weighted by Crippen LogP contribution is -2.06. The van der Waals surface area contributed by atoms with E-state index < -0.39 is 17.4 Å². The molecular weight excluding hydrogens is 260 g/mol. The highest BCUT2D eigenvalue weighted by molar-refractivity contribution is 6.15. The van der Waals surface area contributed by atoms with Crippen LogP contribution in [0.1, 0.15) is 15.9 Å². The van der Waals surface area contributed by atoms with Crippen LogP contribution in [0.25, 0.3) is 10.9 Å². The van der Waals surface area contributed by atoms with Gasteiger partial charge in [0.1, 0.15) is 0 Å². The molecule has 1 aromatic heterocycles. The smallest absolute Gasteiger partial charge is 0.196 e. The monoisotopic (exact) mass is 269 g/mol. The highest BCUT2D eigenvalue weighted by atomic mass is 19.2. The van der Waals surface area contributed by atoms with E-state index >= 15 is 0 Å². The normalized spacial score (nSPS) is 10.7. The first-order chi connectivity index (χ1) is 9.68. The Balaban J connectivity index is 2.21. The molecule has 0 saturated carbocycles. The summed E-state index contributed by atoms with van der Waals surface area (Å²) in [5.41, 5.74) is 0.664. The number of nitrogens with zero attached hydrogens (tertiary/aromatic N) is 1. The van der Waals surface area contributed by atoms with Crippen LogP contribution in [0.2, 0.25) is 0 Å². The first-order valence-electron chi connectivity index (χ1n) is 6.01. The predicted octanol–water partition coefficient (Wildman–Crippen LogP) is 3.74. The molecule has 0 bridgehead atoms. The molecule has 0 unspecified atom stereocenters. The number of fused-ring (bicyclic) bond motifs is 1. The Hall–Kier alpha value is -2.62. The van der Waals surface area contributed by atoms with Crippen molar-refractivity contribution < 1.29 is 13.6 Å². The van der Waals surface area contributed by atoms with Gasteiger partial charge in [0.15, 0.2) is 17.4 Å². The van der Waals surface area contributed by atoms with Gasteiger partial charge in [-0.3, -0.25) is 9.78 Å². The van der Waals surface area contributed by atoms with E-state index in [1.807, 2.05) is 0 Å². The molecule has 4 heteroatoms. The van der Waals surface area contributed by atoms with Gasteiger partial charge in [0.2, 0.25) is 0 Å². The van der Waals surface area contributed by atoms with E-state index in [0.717, 1.165) is 6.07 Å². The topological polar surface area (TPSA) is 30.0 Å². The Kier molecular flexibility index (Phi) is 2.99. The van der Waals surface area contributed by atoms with E-state index in [1.54, 1.807) is 24.3 Å². The Morgan fingerprint density at radius 2 is 1.70 bits per heavy atom. The van der Waals surface area contributed by atoms with Crippen LogP contribution in [0.15, 0.2) is 54.7 Å². The van der Waals surface area contributed by atoms with E-state index in [-0.39, 0.29) is 5.56 Å². The fraction of sp³-hybridized carbons (Fsp3) is 0. The Morgan fingerprint density at radius 1 is 0.900 bits per heavy atom. The van der Waals surface area contributed by atoms with Gasteiger partial charge in [0.05, 0.1) is 11.1 Å². The Morgan fingerprint density at radius 3 is 2.55 bits per heavy atom. The SMILES string of the molecule is O=C(c1cccc(F)c1F)c1ccnc2ccccc12. The van der Waals surface area contributed by atoms with E-state index in [2.05, 4.69) is 4.98 Å². The third kappa shape index (κ3) is 1.95. The predicted molar refractivity (Wildman–Crippen MR) is 71.5 cm³/mol. The van der Waals surface area contributed by atoms with Crippen molar-refractivity contribution in [3.63, 3.8) is 0 Å². The number of carbonyl (C=O) groups excluding carboxylic acids is 1. The van der Waals surface area contributed by atoms with Gasteiger partial charge in [-0.25, -0.2) is 8.78 Å². The minimum absolute atomic E-state index is 0.277. The minimum Gasteiger partial charge on any atom is -0.288 e. The van der Waals surface area contributed by atoms with Crippen molar-refractivity contribution in [3.8, 4) is 0 Å². The molecule has 98 valence electrons. The van der Waals surface area contributed by atoms with Crippen LogP contribution in [-0.4, -0.2) is 10.8 Å². The van der Waals surface area contributed by atoms with Crippen molar-refractivity contribution in [2.24, 2.45) is 0 Å². The number of ketones is 1. The van der Waals surface area contributed by atoms with Gasteiger partial charge in [-0.1, -0.05) is 24.3 Å². The number of carbonyl (C=O) groups is 1. The molecule has 0 N–H and O–H groups in total. The number of aromatic nitrogens is 1. The molecule has 0 spiro atoms. The van der Waals surface area contributed by atoms with Crippen molar-refractivity contribution in [1.82, 2.24) is 4.98 Å². The Bertz CT molecular complexity index is 809. The number of halogens is 2. The van der Waals surface area contributed by atoms with Gasteiger partial charge in [0.25, 0.3) is 0 Å². The molecule has 0 aliphatic rings. The highest BCUT2D eigenvalue weighted by Crippen LogP contribution is 2.21. The molecule has 3 rings (SSSR count). The summed E-state index contributed by atoms with van der Waals surface area (Å²) in [7, 11) is 0. The maximum atomic E-state index is 13.7. The van der Waals surface area contributed by atoms with Crippen molar-refractivity contribution in [3.05, 3.63) is 77.5 Å². The number of pyridine rings is 1. The lowest BCUT2D eigenvalue weighted by molar-refractivity contribution is 0.103. The lowest BCUT2D eigenvalue weighted by Gasteiger charge is -2.06. The van der Waals surface area contributed by atoms with Crippen molar-refractivity contribution in [1.29, 1.82) is 0 Å². The standard InChI is InChI=1S/C16H9F2NO/c17-13-6-3-5-12(15(13)18)16(20)11-8-9-19-14-7-2-1-4-10(11)14/h1-9H. The van der Waals surface area contributed by atoms with Crippen molar-refractivity contribution in [2.45, 2.75) is 0 Å². The van der Waals surface area contributed by atoms with Gasteiger partial charge >= 0.3 is 0 Å². The quantitative estimate of drug-likeness (QED) is 0.663. The second-order valence-corrected chi connectivity index (χ2v) is 4.31. The van der Waals surface area contributed by atoms with Crippen LogP contribution in [0.4, 0.5) is 8.78 Å². The fourth-order valence-electron chi connectivity index (χ4n) is 2.12. The highest BCUT2D eigenvalue weighted by Gasteiger charge is 2.18. The number of hydrogen-bond donors (Lipinski definition) is 0. The third-order valence-corrected chi connectivity index (χ3v) is 3.09. The van der Waals surface area contributed by atoms with Gasteiger partial charge in [-0.05, 0) is 24.3 Å². The summed E-state index contributed by atoms with van der Waals surface area (Å²) in [6.07, 6.45) is 1.48. The lowest BCUT2D eigenvalue weighted by atomic mass is 9.99. The minimum atomic E-state index is -1.13. The van der Waals surface area contributed by atoms with Crippen LogP contribution in [0.5, 0.6) is 0 Å². The molecular formula is C16H9F2NO. The van der Waals surface area contributed by atoms with Crippen molar-refractivity contribution >= 4 is 16.7 Å². The molecule has 2 nitrogen and oxygen atoms in total. The number of benzene rings is 2. The van der Waals surface area contributed by atoms with Crippen LogP contribution in [0, 0.1) is 11.6 Å². The molecule has 0 radical (unpaired) electrons. The summed E-state index contributed by atoms with van der Waals surface area (Å²) < 4.78 is 27.0. The van der Waals surface area contributed by atoms with Crippen LogP contribution >= 0.6 is 0 Å². The average Bonchev–Trinajstić information content (AvgIpc) is 2.49. The zero-order chi connectivity index (χ0) is 14.1. The average molecular weight is 269 g/mol. The molecule has 0 fully saturated rings. The molecule has 1 heterocycles. The first-order valence-corrected chi connectivity index (χ1v) is 6.01. The molecule has 20 heavy (non-hydrogen) atoms. The number of para-hydroxylation sites is 1. The molecule has 0 saturated heterocycles. The van der Waals surface area contributed by atoms with E-state index in [9.17, 15) is 13.6 Å². The third-order valence-electron chi connectivity index (χ3n) is 3.09. The van der Waals surface area contributed by atoms with Crippen LogP contribution in [-0.2, 0) is 0 Å². The van der Waals surface area contributed by atoms with Gasteiger partial charge in [0, 0.05) is 17.1 Å². The summed E-state index contributed by atoms with van der Waals surface area (Å²) in [5.74, 6) is -2.71. The largest absolute Gasteiger partial charge is 0.288 e. The zero-order valence-electron chi connectivity index (χ0n) is 10.3. The molecule has 2 aromatic carbocycles. The molecule has 0 aliphatic heterocycles. The van der Waals surface area contributed by atoms with E-state index in [0.29, 0.717) is 16.5 Å². The molecule has 0 aliphatic carbocycles. The summed E-state index contributed by atoms with van der Waals surface area (Å²) >= 11 is 0. The Labute approximate surface area is 113 Å². The van der Waals surface area contributed by atoms with E-state index in [4.69, 9.17) is 0 Å². The molecule has 0 amide bonds. The summed E-state index contributed by atoms with van der Waals surface area (Å²) in [6, 6.07) is 12.1. The van der Waals surface area contributed by atoms with Gasteiger partial charge in [-0.2, -0.15) is 0 Å². The molecule has 3 aromatic rings. The van der Waals surface area contributed by atoms with Crippen LogP contribution < -0.4 is 0 Å². The fourth-order valence-corrected chi connectivity index (χ4v) is 2.12. The number of hydrogen-bond acceptors (Lipinski definition) is 2. The summed E-state index contributed by atoms with van der Waals surface area (Å²) in [6.45, 7) is 0. The zero-order valence-corrected chi connectivity index (χ0v) is 10.3. The van der Waals surface area contributed by atoms with Gasteiger partial charge < -0.3 is 0 Å².